The summed E-state index contributed by atoms with van der Waals surface area (Å²) in [6.07, 6.45) is -0.342. The average molecular weight is 632 g/mol. The smallest absolute Gasteiger partial charge is 0.235 e. The number of aliphatic hydroxyl groups is 1. The van der Waals surface area contributed by atoms with E-state index in [1.54, 1.807) is 61.7 Å². The highest BCUT2D eigenvalue weighted by atomic mass is 16.5. The van der Waals surface area contributed by atoms with E-state index in [2.05, 4.69) is 23.7 Å². The topological polar surface area (TPSA) is 170 Å². The Bertz CT molecular complexity index is 1990. The Labute approximate surface area is 269 Å². The molecular formula is C37H29NO9. The van der Waals surface area contributed by atoms with Gasteiger partial charge in [0.05, 0.1) is 31.3 Å². The second-order valence-electron chi connectivity index (χ2n) is 11.9. The summed E-state index contributed by atoms with van der Waals surface area (Å²) in [4.78, 5) is 66.0. The Morgan fingerprint density at radius 3 is 1.91 bits per heavy atom. The quantitative estimate of drug-likeness (QED) is 0.290. The first-order valence-electron chi connectivity index (χ1n) is 14.9. The SMILES string of the molecule is COc1ccc(C#Cc2cc(C#Cc3ccc(OC)cc3)c3c(c2O)C(=O)C2C(=O)[C@]4(O)C(=O)C(C(N)=O)C(=O)C[C@@H]4C[C@@H]2C3)cc1. The molecule has 3 aromatic rings. The van der Waals surface area contributed by atoms with E-state index in [0.717, 1.165) is 0 Å². The van der Waals surface area contributed by atoms with Gasteiger partial charge in [0.1, 0.15) is 17.2 Å². The minimum Gasteiger partial charge on any atom is -0.506 e. The van der Waals surface area contributed by atoms with Crippen molar-refractivity contribution in [3.05, 3.63) is 88.0 Å². The van der Waals surface area contributed by atoms with Crippen LogP contribution < -0.4 is 15.2 Å². The number of benzene rings is 3. The summed E-state index contributed by atoms with van der Waals surface area (Å²) in [5.74, 6) is 2.31. The molecule has 5 atom stereocenters. The van der Waals surface area contributed by atoms with Crippen LogP contribution in [0.5, 0.6) is 17.2 Å². The van der Waals surface area contributed by atoms with Gasteiger partial charge in [0.15, 0.2) is 34.7 Å². The molecule has 2 fully saturated rings. The fourth-order valence-corrected chi connectivity index (χ4v) is 6.87. The van der Waals surface area contributed by atoms with Crippen molar-refractivity contribution in [2.24, 2.45) is 29.4 Å². The Morgan fingerprint density at radius 2 is 1.38 bits per heavy atom. The van der Waals surface area contributed by atoms with Crippen molar-refractivity contribution in [1.82, 2.24) is 0 Å². The third-order valence-electron chi connectivity index (χ3n) is 9.27. The minimum atomic E-state index is -2.74. The summed E-state index contributed by atoms with van der Waals surface area (Å²) in [6.45, 7) is 0. The molecule has 0 saturated heterocycles. The van der Waals surface area contributed by atoms with Crippen molar-refractivity contribution in [2.45, 2.75) is 24.9 Å². The number of aromatic hydroxyl groups is 1. The molecule has 10 heteroatoms. The lowest BCUT2D eigenvalue weighted by Crippen LogP contribution is -2.68. The lowest BCUT2D eigenvalue weighted by Gasteiger charge is -2.48. The number of fused-ring (bicyclic) bond motifs is 3. The maximum Gasteiger partial charge on any atom is 0.235 e. The number of methoxy groups -OCH3 is 2. The van der Waals surface area contributed by atoms with Crippen LogP contribution in [-0.2, 0) is 25.6 Å². The highest BCUT2D eigenvalue weighted by Crippen LogP contribution is 2.50. The molecule has 2 saturated carbocycles. The summed E-state index contributed by atoms with van der Waals surface area (Å²) in [6, 6.07) is 15.5. The van der Waals surface area contributed by atoms with Crippen molar-refractivity contribution in [2.75, 3.05) is 14.2 Å². The number of carbonyl (C=O) groups is 5. The highest BCUT2D eigenvalue weighted by molar-refractivity contribution is 6.31. The van der Waals surface area contributed by atoms with Gasteiger partial charge in [0.25, 0.3) is 0 Å². The van der Waals surface area contributed by atoms with Crippen LogP contribution in [0.3, 0.4) is 0 Å². The van der Waals surface area contributed by atoms with Crippen molar-refractivity contribution in [3.63, 3.8) is 0 Å². The van der Waals surface area contributed by atoms with E-state index < -0.39 is 70.5 Å². The van der Waals surface area contributed by atoms with Gasteiger partial charge in [-0.3, -0.25) is 24.0 Å². The van der Waals surface area contributed by atoms with Crippen molar-refractivity contribution in [3.8, 4) is 40.9 Å². The number of amides is 1. The molecule has 236 valence electrons. The van der Waals surface area contributed by atoms with Crippen LogP contribution in [0.1, 0.15) is 51.0 Å². The molecular weight excluding hydrogens is 602 g/mol. The van der Waals surface area contributed by atoms with Gasteiger partial charge in [-0.2, -0.15) is 0 Å². The number of rotatable bonds is 3. The Morgan fingerprint density at radius 1 is 0.830 bits per heavy atom. The molecule has 4 N–H and O–H groups in total. The summed E-state index contributed by atoms with van der Waals surface area (Å²) >= 11 is 0. The third-order valence-corrected chi connectivity index (χ3v) is 9.27. The summed E-state index contributed by atoms with van der Waals surface area (Å²) in [5, 5.41) is 23.0. The first-order valence-corrected chi connectivity index (χ1v) is 14.9. The fourth-order valence-electron chi connectivity index (χ4n) is 6.87. The number of ether oxygens (including phenoxy) is 2. The Balaban J connectivity index is 1.47. The zero-order valence-electron chi connectivity index (χ0n) is 25.5. The zero-order chi connectivity index (χ0) is 33.6. The lowest BCUT2D eigenvalue weighted by molar-refractivity contribution is -0.175. The van der Waals surface area contributed by atoms with Gasteiger partial charge in [0, 0.05) is 29.0 Å². The first-order chi connectivity index (χ1) is 22.5. The van der Waals surface area contributed by atoms with E-state index in [-0.39, 0.29) is 24.0 Å². The van der Waals surface area contributed by atoms with Crippen LogP contribution >= 0.6 is 0 Å². The van der Waals surface area contributed by atoms with Gasteiger partial charge in [-0.05, 0) is 78.9 Å². The summed E-state index contributed by atoms with van der Waals surface area (Å²) in [5.41, 5.74) is 4.50. The Hall–Kier alpha value is -5.71. The second kappa shape index (κ2) is 11.9. The van der Waals surface area contributed by atoms with Crippen LogP contribution in [0, 0.1) is 47.4 Å². The molecule has 3 aliphatic rings. The van der Waals surface area contributed by atoms with Gasteiger partial charge < -0.3 is 25.4 Å². The summed E-state index contributed by atoms with van der Waals surface area (Å²) < 4.78 is 10.4. The molecule has 2 unspecified atom stereocenters. The molecule has 10 nitrogen and oxygen atoms in total. The highest BCUT2D eigenvalue weighted by Gasteiger charge is 2.66. The van der Waals surface area contributed by atoms with E-state index in [1.165, 1.54) is 7.11 Å². The average Bonchev–Trinajstić information content (AvgIpc) is 3.05. The minimum absolute atomic E-state index is 0.0216. The van der Waals surface area contributed by atoms with E-state index in [4.69, 9.17) is 15.2 Å². The fraction of sp³-hybridized carbons (Fsp3) is 0.270. The maximum atomic E-state index is 14.2. The largest absolute Gasteiger partial charge is 0.506 e. The van der Waals surface area contributed by atoms with Crippen LogP contribution in [-0.4, -0.2) is 59.1 Å². The summed E-state index contributed by atoms with van der Waals surface area (Å²) in [7, 11) is 3.09. The monoisotopic (exact) mass is 631 g/mol. The molecule has 3 aliphatic carbocycles. The number of phenolic OH excluding ortho intramolecular Hbond substituents is 1. The normalized spacial score (nSPS) is 24.4. The predicted octanol–water partition coefficient (Wildman–Crippen LogP) is 2.14. The molecule has 0 aromatic heterocycles. The van der Waals surface area contributed by atoms with E-state index in [0.29, 0.717) is 33.8 Å². The van der Waals surface area contributed by atoms with Crippen LogP contribution in [0.4, 0.5) is 0 Å². The molecule has 0 heterocycles. The van der Waals surface area contributed by atoms with Gasteiger partial charge in [0.2, 0.25) is 5.91 Å². The molecule has 47 heavy (non-hydrogen) atoms. The van der Waals surface area contributed by atoms with Crippen molar-refractivity contribution < 1.29 is 43.7 Å². The van der Waals surface area contributed by atoms with Gasteiger partial charge in [-0.15, -0.1) is 0 Å². The predicted molar refractivity (Wildman–Crippen MR) is 166 cm³/mol. The number of hydrogen-bond acceptors (Lipinski definition) is 9. The van der Waals surface area contributed by atoms with Crippen LogP contribution in [0.15, 0.2) is 54.6 Å². The molecule has 6 rings (SSSR count). The molecule has 0 bridgehead atoms. The first kappa shape index (κ1) is 31.3. The van der Waals surface area contributed by atoms with Gasteiger partial charge >= 0.3 is 0 Å². The number of phenols is 1. The number of carbonyl (C=O) groups excluding carboxylic acids is 5. The van der Waals surface area contributed by atoms with Crippen LogP contribution in [0.2, 0.25) is 0 Å². The number of primary amides is 1. The van der Waals surface area contributed by atoms with Gasteiger partial charge in [-0.1, -0.05) is 23.7 Å². The van der Waals surface area contributed by atoms with Crippen molar-refractivity contribution >= 4 is 29.0 Å². The molecule has 0 radical (unpaired) electrons. The molecule has 1 amide bonds. The van der Waals surface area contributed by atoms with E-state index >= 15 is 0 Å². The van der Waals surface area contributed by atoms with Crippen LogP contribution in [0.25, 0.3) is 0 Å². The van der Waals surface area contributed by atoms with E-state index in [9.17, 15) is 34.2 Å². The number of nitrogens with two attached hydrogens (primary N) is 1. The van der Waals surface area contributed by atoms with Gasteiger partial charge in [-0.25, -0.2) is 0 Å². The zero-order valence-corrected chi connectivity index (χ0v) is 25.5. The van der Waals surface area contributed by atoms with Crippen molar-refractivity contribution in [1.29, 1.82) is 0 Å². The lowest BCUT2D eigenvalue weighted by atomic mass is 9.53. The number of Topliss-reactive ketones (excluding diaryl/α,β-unsaturated/α-hetero) is 4. The standard InChI is InChI=1S/C37H29NO9/c1-46-25-11-5-19(6-12-25)3-9-21-15-22(10-4-20-7-13-26(47-2)14-8-20)32(40)30-27(21)17-23-16-24-18-28(39)31(36(38)44)35(43)37(24,45)34(42)29(23)33(30)41/h5-8,11-15,23-24,29,31,40,45H,16-18H2,1-2H3,(H2,38,44)/t23-,24+,29?,31?,37+/m1/s1. The number of ketones is 4. The molecule has 0 aliphatic heterocycles. The molecule has 3 aromatic carbocycles. The third kappa shape index (κ3) is 5.23. The second-order valence-corrected chi connectivity index (χ2v) is 11.9. The maximum absolute atomic E-state index is 14.2. The molecule has 0 spiro atoms. The van der Waals surface area contributed by atoms with E-state index in [1.807, 2.05) is 0 Å². The number of hydrogen-bond donors (Lipinski definition) is 3. The Kier molecular flexibility index (Phi) is 7.92.